The number of nitrogens with two attached hydrogens (primary N) is 1. The molecule has 0 spiro atoms. The van der Waals surface area contributed by atoms with E-state index < -0.39 is 5.60 Å². The van der Waals surface area contributed by atoms with E-state index in [0.29, 0.717) is 6.42 Å². The Morgan fingerprint density at radius 1 is 1.41 bits per heavy atom. The molecule has 3 N–H and O–H groups in total. The number of hydrogen-bond acceptors (Lipinski definition) is 3. The zero-order valence-electron chi connectivity index (χ0n) is 10.9. The summed E-state index contributed by atoms with van der Waals surface area (Å²) in [4.78, 5) is 0. The molecule has 0 bridgehead atoms. The molecule has 0 radical (unpaired) electrons. The molecule has 2 atom stereocenters. The lowest BCUT2D eigenvalue weighted by Crippen LogP contribution is -2.38. The molecule has 96 valence electrons. The van der Waals surface area contributed by atoms with E-state index in [0.717, 1.165) is 12.2 Å². The van der Waals surface area contributed by atoms with Gasteiger partial charge >= 0.3 is 0 Å². The van der Waals surface area contributed by atoms with E-state index in [-0.39, 0.29) is 12.6 Å². The molecule has 1 rings (SSSR count). The second-order valence-corrected chi connectivity index (χ2v) is 4.79. The highest BCUT2D eigenvalue weighted by Gasteiger charge is 2.22. The standard InChI is InChI=1S/C14H23NO2/c1-4-12-7-5-6-8-13(12)17-11(2)9-14(3,16)10-15/h5-8,11,16H,4,9-10,15H2,1-3H3. The number of rotatable bonds is 6. The minimum atomic E-state index is -0.861. The van der Waals surface area contributed by atoms with Gasteiger partial charge in [0.1, 0.15) is 5.75 Å². The molecule has 0 fully saturated rings. The third-order valence-corrected chi connectivity index (χ3v) is 2.85. The van der Waals surface area contributed by atoms with Crippen LogP contribution in [-0.4, -0.2) is 23.4 Å². The van der Waals surface area contributed by atoms with Crippen LogP contribution in [0.5, 0.6) is 5.75 Å². The number of hydrogen-bond donors (Lipinski definition) is 2. The van der Waals surface area contributed by atoms with Gasteiger partial charge in [-0.25, -0.2) is 0 Å². The van der Waals surface area contributed by atoms with Gasteiger partial charge in [-0.15, -0.1) is 0 Å². The summed E-state index contributed by atoms with van der Waals surface area (Å²) in [6.45, 7) is 6.04. The highest BCUT2D eigenvalue weighted by atomic mass is 16.5. The monoisotopic (exact) mass is 237 g/mol. The lowest BCUT2D eigenvalue weighted by molar-refractivity contribution is 0.0235. The lowest BCUT2D eigenvalue weighted by Gasteiger charge is -2.26. The molecule has 17 heavy (non-hydrogen) atoms. The topological polar surface area (TPSA) is 55.5 Å². The summed E-state index contributed by atoms with van der Waals surface area (Å²) >= 11 is 0. The van der Waals surface area contributed by atoms with Crippen LogP contribution in [0, 0.1) is 0 Å². The largest absolute Gasteiger partial charge is 0.490 e. The van der Waals surface area contributed by atoms with Gasteiger partial charge in [0.25, 0.3) is 0 Å². The van der Waals surface area contributed by atoms with Crippen molar-refractivity contribution in [2.75, 3.05) is 6.54 Å². The van der Waals surface area contributed by atoms with E-state index >= 15 is 0 Å². The molecule has 0 saturated carbocycles. The van der Waals surface area contributed by atoms with E-state index in [9.17, 15) is 5.11 Å². The third-order valence-electron chi connectivity index (χ3n) is 2.85. The molecule has 1 aromatic rings. The Morgan fingerprint density at radius 3 is 2.65 bits per heavy atom. The maximum absolute atomic E-state index is 9.89. The first-order chi connectivity index (χ1) is 7.98. The fourth-order valence-corrected chi connectivity index (χ4v) is 1.87. The second-order valence-electron chi connectivity index (χ2n) is 4.79. The SMILES string of the molecule is CCc1ccccc1OC(C)CC(C)(O)CN. The molecule has 3 nitrogen and oxygen atoms in total. The molecule has 0 aromatic heterocycles. The fraction of sp³-hybridized carbons (Fsp3) is 0.571. The first-order valence-electron chi connectivity index (χ1n) is 6.15. The van der Waals surface area contributed by atoms with Crippen LogP contribution in [0.25, 0.3) is 0 Å². The van der Waals surface area contributed by atoms with Crippen LogP contribution >= 0.6 is 0 Å². The van der Waals surface area contributed by atoms with E-state index in [2.05, 4.69) is 13.0 Å². The van der Waals surface area contributed by atoms with Crippen molar-refractivity contribution in [3.63, 3.8) is 0 Å². The molecular formula is C14H23NO2. The summed E-state index contributed by atoms with van der Waals surface area (Å²) in [6.07, 6.45) is 1.42. The third kappa shape index (κ3) is 4.36. The first-order valence-corrected chi connectivity index (χ1v) is 6.15. The lowest BCUT2D eigenvalue weighted by atomic mass is 9.99. The van der Waals surface area contributed by atoms with Crippen molar-refractivity contribution in [1.29, 1.82) is 0 Å². The molecule has 2 unspecified atom stereocenters. The predicted octanol–water partition coefficient (Wildman–Crippen LogP) is 2.12. The Labute approximate surface area is 104 Å². The van der Waals surface area contributed by atoms with Gasteiger partial charge < -0.3 is 15.6 Å². The van der Waals surface area contributed by atoms with Crippen LogP contribution in [0.3, 0.4) is 0 Å². The van der Waals surface area contributed by atoms with Crippen molar-refractivity contribution in [1.82, 2.24) is 0 Å². The summed E-state index contributed by atoms with van der Waals surface area (Å²) < 4.78 is 5.86. The van der Waals surface area contributed by atoms with Crippen molar-refractivity contribution < 1.29 is 9.84 Å². The van der Waals surface area contributed by atoms with Crippen LogP contribution in [0.2, 0.25) is 0 Å². The quantitative estimate of drug-likeness (QED) is 0.796. The Morgan fingerprint density at radius 2 is 2.06 bits per heavy atom. The highest BCUT2D eigenvalue weighted by molar-refractivity contribution is 5.33. The van der Waals surface area contributed by atoms with Crippen molar-refractivity contribution in [2.24, 2.45) is 5.73 Å². The van der Waals surface area contributed by atoms with Gasteiger partial charge in [-0.05, 0) is 31.9 Å². The zero-order valence-corrected chi connectivity index (χ0v) is 10.9. The van der Waals surface area contributed by atoms with E-state index in [1.165, 1.54) is 5.56 Å². The molecule has 0 aliphatic heterocycles. The number of aryl methyl sites for hydroxylation is 1. The first kappa shape index (κ1) is 14.0. The average Bonchev–Trinajstić information content (AvgIpc) is 2.29. The van der Waals surface area contributed by atoms with E-state index in [1.807, 2.05) is 25.1 Å². The fourth-order valence-electron chi connectivity index (χ4n) is 1.87. The predicted molar refractivity (Wildman–Crippen MR) is 70.2 cm³/mol. The molecule has 1 aromatic carbocycles. The summed E-state index contributed by atoms with van der Waals surface area (Å²) in [5, 5.41) is 9.89. The van der Waals surface area contributed by atoms with Crippen molar-refractivity contribution in [3.8, 4) is 5.75 Å². The zero-order chi connectivity index (χ0) is 12.9. The van der Waals surface area contributed by atoms with Crippen LogP contribution in [0.15, 0.2) is 24.3 Å². The van der Waals surface area contributed by atoms with Gasteiger partial charge in [-0.2, -0.15) is 0 Å². The van der Waals surface area contributed by atoms with E-state index in [4.69, 9.17) is 10.5 Å². The van der Waals surface area contributed by atoms with Crippen LogP contribution in [0.4, 0.5) is 0 Å². The molecule has 0 heterocycles. The maximum Gasteiger partial charge on any atom is 0.122 e. The van der Waals surface area contributed by atoms with Gasteiger partial charge in [0.15, 0.2) is 0 Å². The van der Waals surface area contributed by atoms with E-state index in [1.54, 1.807) is 6.92 Å². The van der Waals surface area contributed by atoms with Gasteiger partial charge in [-0.1, -0.05) is 25.1 Å². The van der Waals surface area contributed by atoms with Crippen molar-refractivity contribution >= 4 is 0 Å². The summed E-state index contributed by atoms with van der Waals surface area (Å²) in [7, 11) is 0. The van der Waals surface area contributed by atoms with Gasteiger partial charge in [-0.3, -0.25) is 0 Å². The van der Waals surface area contributed by atoms with Crippen molar-refractivity contribution in [2.45, 2.75) is 45.3 Å². The second kappa shape index (κ2) is 6.03. The van der Waals surface area contributed by atoms with Gasteiger partial charge in [0, 0.05) is 13.0 Å². The molecular weight excluding hydrogens is 214 g/mol. The minimum Gasteiger partial charge on any atom is -0.490 e. The number of benzene rings is 1. The Bertz CT molecular complexity index is 350. The summed E-state index contributed by atoms with van der Waals surface area (Å²) in [5.74, 6) is 0.898. The number of ether oxygens (including phenoxy) is 1. The molecule has 0 aliphatic carbocycles. The summed E-state index contributed by atoms with van der Waals surface area (Å²) in [6, 6.07) is 7.99. The maximum atomic E-state index is 9.89. The number of para-hydroxylation sites is 1. The van der Waals surface area contributed by atoms with Gasteiger partial charge in [0.2, 0.25) is 0 Å². The number of aliphatic hydroxyl groups is 1. The normalized spacial score (nSPS) is 16.3. The van der Waals surface area contributed by atoms with Gasteiger partial charge in [0.05, 0.1) is 11.7 Å². The summed E-state index contributed by atoms with van der Waals surface area (Å²) in [5.41, 5.74) is 5.82. The average molecular weight is 237 g/mol. The van der Waals surface area contributed by atoms with Crippen molar-refractivity contribution in [3.05, 3.63) is 29.8 Å². The molecule has 0 amide bonds. The Hall–Kier alpha value is -1.06. The molecule has 0 aliphatic rings. The molecule has 0 saturated heterocycles. The highest BCUT2D eigenvalue weighted by Crippen LogP contribution is 2.22. The van der Waals surface area contributed by atoms with Crippen LogP contribution in [0.1, 0.15) is 32.8 Å². The van der Waals surface area contributed by atoms with Crippen LogP contribution in [-0.2, 0) is 6.42 Å². The minimum absolute atomic E-state index is 0.0544. The Balaban J connectivity index is 2.65. The Kier molecular flexibility index (Phi) is 4.97. The smallest absolute Gasteiger partial charge is 0.122 e. The van der Waals surface area contributed by atoms with Crippen LogP contribution < -0.4 is 10.5 Å². The molecule has 3 heteroatoms.